The quantitative estimate of drug-likeness (QED) is 0.512. The molecule has 0 bridgehead atoms. The number of benzene rings is 1. The number of rotatable bonds is 4. The van der Waals surface area contributed by atoms with Gasteiger partial charge < -0.3 is 15.1 Å². The van der Waals surface area contributed by atoms with Crippen molar-refractivity contribution in [3.63, 3.8) is 0 Å². The zero-order valence-corrected chi connectivity index (χ0v) is 19.6. The van der Waals surface area contributed by atoms with E-state index in [0.29, 0.717) is 40.5 Å². The summed E-state index contributed by atoms with van der Waals surface area (Å²) in [4.78, 5) is 31.4. The highest BCUT2D eigenvalue weighted by molar-refractivity contribution is 6.30. The topological polar surface area (TPSA) is 84.2 Å². The summed E-state index contributed by atoms with van der Waals surface area (Å²) >= 11 is 6.32. The van der Waals surface area contributed by atoms with Crippen molar-refractivity contribution in [1.29, 1.82) is 0 Å². The molecule has 1 aliphatic heterocycles. The molecule has 1 aromatic carbocycles. The maximum atomic E-state index is 13.5. The highest BCUT2D eigenvalue weighted by atomic mass is 35.5. The Labute approximate surface area is 202 Å². The third-order valence-electron chi connectivity index (χ3n) is 6.35. The highest BCUT2D eigenvalue weighted by Gasteiger charge is 2.41. The van der Waals surface area contributed by atoms with Crippen LogP contribution in [-0.2, 0) is 9.59 Å². The summed E-state index contributed by atoms with van der Waals surface area (Å²) in [5, 5.41) is 6.81. The van der Waals surface area contributed by atoms with E-state index in [0.717, 1.165) is 22.6 Å². The molecule has 2 aromatic heterocycles. The third-order valence-corrected chi connectivity index (χ3v) is 6.59. The van der Waals surface area contributed by atoms with E-state index in [9.17, 15) is 9.59 Å². The van der Waals surface area contributed by atoms with E-state index >= 15 is 0 Å². The molecule has 0 radical (unpaired) electrons. The van der Waals surface area contributed by atoms with Gasteiger partial charge in [-0.15, -0.1) is 0 Å². The normalized spacial score (nSPS) is 20.1. The van der Waals surface area contributed by atoms with Crippen LogP contribution in [0.25, 0.3) is 0 Å². The van der Waals surface area contributed by atoms with Gasteiger partial charge in [-0.2, -0.15) is 0 Å². The number of furan rings is 1. The Morgan fingerprint density at radius 2 is 2.00 bits per heavy atom. The molecule has 0 spiro atoms. The Kier molecular flexibility index (Phi) is 5.84. The molecule has 1 aliphatic carbocycles. The molecule has 34 heavy (non-hydrogen) atoms. The number of carbonyl (C=O) groups is 2. The van der Waals surface area contributed by atoms with Crippen molar-refractivity contribution < 1.29 is 14.0 Å². The number of ketones is 1. The highest BCUT2D eigenvalue weighted by Crippen LogP contribution is 2.46. The molecule has 172 valence electrons. The Balaban J connectivity index is 1.56. The number of anilines is 1. The minimum Gasteiger partial charge on any atom is -0.469 e. The van der Waals surface area contributed by atoms with E-state index in [2.05, 4.69) is 15.6 Å². The summed E-state index contributed by atoms with van der Waals surface area (Å²) in [6, 6.07) is 14.7. The molecular weight excluding hydrogens is 450 g/mol. The summed E-state index contributed by atoms with van der Waals surface area (Å²) < 4.78 is 5.59. The molecule has 0 fully saturated rings. The third kappa shape index (κ3) is 4.17. The van der Waals surface area contributed by atoms with Crippen molar-refractivity contribution in [2.45, 2.75) is 38.5 Å². The summed E-state index contributed by atoms with van der Waals surface area (Å²) in [7, 11) is 0. The van der Waals surface area contributed by atoms with Crippen molar-refractivity contribution in [2.75, 3.05) is 5.32 Å². The molecule has 3 aromatic rings. The molecule has 2 aliphatic rings. The lowest BCUT2D eigenvalue weighted by Gasteiger charge is -2.36. The zero-order chi connectivity index (χ0) is 23.8. The lowest BCUT2D eigenvalue weighted by Crippen LogP contribution is -2.37. The maximum absolute atomic E-state index is 13.5. The molecule has 0 saturated carbocycles. The van der Waals surface area contributed by atoms with Crippen LogP contribution in [0.2, 0.25) is 5.02 Å². The average molecular weight is 474 g/mol. The Hall–Kier alpha value is -3.64. The summed E-state index contributed by atoms with van der Waals surface area (Å²) in [6.45, 7) is 3.80. The van der Waals surface area contributed by atoms with Gasteiger partial charge in [0.25, 0.3) is 5.91 Å². The van der Waals surface area contributed by atoms with Crippen molar-refractivity contribution >= 4 is 29.1 Å². The molecule has 6 nitrogen and oxygen atoms in total. The second kappa shape index (κ2) is 8.95. The lowest BCUT2D eigenvalue weighted by molar-refractivity contribution is -0.116. The van der Waals surface area contributed by atoms with E-state index < -0.39 is 5.92 Å². The summed E-state index contributed by atoms with van der Waals surface area (Å²) in [5.41, 5.74) is 4.41. The van der Waals surface area contributed by atoms with Crippen LogP contribution >= 0.6 is 11.6 Å². The van der Waals surface area contributed by atoms with E-state index in [1.807, 2.05) is 50.2 Å². The van der Waals surface area contributed by atoms with Crippen LogP contribution in [0.1, 0.15) is 48.5 Å². The first-order valence-electron chi connectivity index (χ1n) is 11.2. The number of carbonyl (C=O) groups excluding carboxylic acids is 2. The van der Waals surface area contributed by atoms with Gasteiger partial charge in [0.15, 0.2) is 5.78 Å². The van der Waals surface area contributed by atoms with E-state index in [1.54, 1.807) is 24.6 Å². The van der Waals surface area contributed by atoms with Crippen molar-refractivity contribution in [3.8, 4) is 0 Å². The number of pyridine rings is 1. The van der Waals surface area contributed by atoms with Crippen LogP contribution < -0.4 is 10.6 Å². The van der Waals surface area contributed by atoms with Gasteiger partial charge in [-0.1, -0.05) is 29.8 Å². The number of nitrogens with zero attached hydrogens (tertiary/aromatic N) is 1. The van der Waals surface area contributed by atoms with Crippen LogP contribution in [0.5, 0.6) is 0 Å². The summed E-state index contributed by atoms with van der Waals surface area (Å²) in [5.74, 6) is 0.342. The maximum Gasteiger partial charge on any atom is 0.255 e. The molecule has 0 unspecified atom stereocenters. The number of aromatic nitrogens is 1. The van der Waals surface area contributed by atoms with Gasteiger partial charge in [-0.25, -0.2) is 4.98 Å². The Morgan fingerprint density at radius 3 is 2.71 bits per heavy atom. The second-order valence-corrected chi connectivity index (χ2v) is 9.20. The molecule has 7 heteroatoms. The number of allylic oxidation sites excluding steroid dienone is 3. The molecular formula is C27H24ClN3O3. The Bertz CT molecular complexity index is 1320. The van der Waals surface area contributed by atoms with Gasteiger partial charge in [-0.05, 0) is 61.7 Å². The van der Waals surface area contributed by atoms with Crippen molar-refractivity contribution in [3.05, 3.63) is 105 Å². The first-order chi connectivity index (χ1) is 16.4. The van der Waals surface area contributed by atoms with Crippen LogP contribution in [0, 0.1) is 6.92 Å². The SMILES string of the molecule is CC1=C(C(=O)Nc2ccc(C)cn2)[C@H](c2cccc(Cl)c2)C2=C(C[C@H](c3ccco3)CC2=O)N1. The number of hydrogen-bond donors (Lipinski definition) is 2. The van der Waals surface area contributed by atoms with Crippen LogP contribution in [0.3, 0.4) is 0 Å². The minimum absolute atomic E-state index is 0.00798. The van der Waals surface area contributed by atoms with Gasteiger partial charge in [0.2, 0.25) is 0 Å². The first kappa shape index (κ1) is 22.2. The van der Waals surface area contributed by atoms with Crippen LogP contribution in [-0.4, -0.2) is 16.7 Å². The number of amides is 1. The van der Waals surface area contributed by atoms with E-state index in [4.69, 9.17) is 16.0 Å². The molecule has 2 atom stereocenters. The number of nitrogens with one attached hydrogen (secondary N) is 2. The van der Waals surface area contributed by atoms with Gasteiger partial charge in [0.1, 0.15) is 11.6 Å². The predicted molar refractivity (Wildman–Crippen MR) is 130 cm³/mol. The summed E-state index contributed by atoms with van der Waals surface area (Å²) in [6.07, 6.45) is 4.26. The largest absolute Gasteiger partial charge is 0.469 e. The fourth-order valence-corrected chi connectivity index (χ4v) is 5.01. The number of Topliss-reactive ketones (excluding diaryl/α,β-unsaturated/α-hetero) is 1. The monoisotopic (exact) mass is 473 g/mol. The zero-order valence-electron chi connectivity index (χ0n) is 18.9. The smallest absolute Gasteiger partial charge is 0.255 e. The number of aryl methyl sites for hydroxylation is 1. The minimum atomic E-state index is -0.537. The number of halogens is 1. The lowest BCUT2D eigenvalue weighted by atomic mass is 9.72. The molecule has 0 saturated heterocycles. The molecule has 3 heterocycles. The first-order valence-corrected chi connectivity index (χ1v) is 11.6. The average Bonchev–Trinajstić information content (AvgIpc) is 3.34. The van der Waals surface area contributed by atoms with Crippen molar-refractivity contribution in [2.24, 2.45) is 0 Å². The van der Waals surface area contributed by atoms with Gasteiger partial charge >= 0.3 is 0 Å². The molecule has 2 N–H and O–H groups in total. The fraction of sp³-hybridized carbons (Fsp3) is 0.222. The molecule has 5 rings (SSSR count). The van der Waals surface area contributed by atoms with Gasteiger partial charge in [-0.3, -0.25) is 9.59 Å². The molecule has 1 amide bonds. The van der Waals surface area contributed by atoms with E-state index in [-0.39, 0.29) is 17.6 Å². The standard InChI is InChI=1S/C27H24ClN3O3/c1-15-8-9-23(29-14-15)31-27(33)24-16(2)30-20-12-18(22-7-4-10-34-22)13-21(32)26(20)25(24)17-5-3-6-19(28)11-17/h3-11,14,18,25,30H,12-13H2,1-2H3,(H,29,31,33)/t18-,25-/m0/s1. The Morgan fingerprint density at radius 1 is 1.15 bits per heavy atom. The number of dihydropyridines is 1. The van der Waals surface area contributed by atoms with Crippen molar-refractivity contribution in [1.82, 2.24) is 10.3 Å². The fourth-order valence-electron chi connectivity index (χ4n) is 4.81. The van der Waals surface area contributed by atoms with Crippen LogP contribution in [0.15, 0.2) is 87.9 Å². The van der Waals surface area contributed by atoms with Gasteiger partial charge in [0.05, 0.1) is 6.26 Å². The van der Waals surface area contributed by atoms with Gasteiger partial charge in [0, 0.05) is 52.0 Å². The van der Waals surface area contributed by atoms with E-state index in [1.165, 1.54) is 0 Å². The number of hydrogen-bond acceptors (Lipinski definition) is 5. The second-order valence-electron chi connectivity index (χ2n) is 8.76. The predicted octanol–water partition coefficient (Wildman–Crippen LogP) is 5.64. The van der Waals surface area contributed by atoms with Crippen LogP contribution in [0.4, 0.5) is 5.82 Å².